The SMILES string of the molecule is Cc1nc2sc(S(N)(=O)=O)cc2c(=O)n1-c1cc(Cl)ccc1Cl. The molecule has 0 bridgehead atoms. The monoisotopic (exact) mass is 389 g/mol. The van der Waals surface area contributed by atoms with Crippen LogP contribution in [0.1, 0.15) is 5.82 Å². The lowest BCUT2D eigenvalue weighted by Gasteiger charge is -2.11. The summed E-state index contributed by atoms with van der Waals surface area (Å²) >= 11 is 13.0. The number of aromatic nitrogens is 2. The van der Waals surface area contributed by atoms with Gasteiger partial charge in [0, 0.05) is 5.02 Å². The number of aryl methyl sites for hydroxylation is 1. The van der Waals surface area contributed by atoms with E-state index < -0.39 is 15.6 Å². The van der Waals surface area contributed by atoms with Crippen LogP contribution < -0.4 is 10.7 Å². The van der Waals surface area contributed by atoms with Crippen LogP contribution in [0.25, 0.3) is 15.9 Å². The number of thiophene rings is 1. The van der Waals surface area contributed by atoms with Gasteiger partial charge in [-0.05, 0) is 31.2 Å². The highest BCUT2D eigenvalue weighted by atomic mass is 35.5. The van der Waals surface area contributed by atoms with E-state index in [2.05, 4.69) is 4.98 Å². The number of fused-ring (bicyclic) bond motifs is 1. The molecule has 0 saturated carbocycles. The van der Waals surface area contributed by atoms with Crippen molar-refractivity contribution in [1.82, 2.24) is 9.55 Å². The van der Waals surface area contributed by atoms with Gasteiger partial charge < -0.3 is 0 Å². The largest absolute Gasteiger partial charge is 0.268 e. The summed E-state index contributed by atoms with van der Waals surface area (Å²) in [5.41, 5.74) is -0.0674. The molecule has 10 heteroatoms. The molecule has 0 aliphatic rings. The Morgan fingerprint density at radius 3 is 2.61 bits per heavy atom. The summed E-state index contributed by atoms with van der Waals surface area (Å²) < 4.78 is 24.1. The lowest BCUT2D eigenvalue weighted by molar-refractivity contribution is 0.600. The summed E-state index contributed by atoms with van der Waals surface area (Å²) in [6.07, 6.45) is 0. The quantitative estimate of drug-likeness (QED) is 0.728. The molecule has 0 atom stereocenters. The van der Waals surface area contributed by atoms with Crippen molar-refractivity contribution in [2.45, 2.75) is 11.1 Å². The van der Waals surface area contributed by atoms with Gasteiger partial charge in [0.25, 0.3) is 5.56 Å². The Balaban J connectivity index is 2.39. The Hall–Kier alpha value is -1.45. The summed E-state index contributed by atoms with van der Waals surface area (Å²) in [6, 6.07) is 5.93. The maximum atomic E-state index is 12.7. The number of benzene rings is 1. The van der Waals surface area contributed by atoms with E-state index >= 15 is 0 Å². The fourth-order valence-electron chi connectivity index (χ4n) is 2.14. The zero-order valence-corrected chi connectivity index (χ0v) is 14.7. The van der Waals surface area contributed by atoms with E-state index in [4.69, 9.17) is 28.3 Å². The smallest absolute Gasteiger partial charge is 0.266 e. The highest BCUT2D eigenvalue weighted by molar-refractivity contribution is 7.91. The van der Waals surface area contributed by atoms with Crippen molar-refractivity contribution < 1.29 is 8.42 Å². The molecule has 0 aliphatic carbocycles. The molecule has 2 heterocycles. The first-order valence-corrected chi connectivity index (χ1v) is 9.32. The molecule has 2 N–H and O–H groups in total. The van der Waals surface area contributed by atoms with Crippen LogP contribution in [0.4, 0.5) is 0 Å². The predicted molar refractivity (Wildman–Crippen MR) is 91.3 cm³/mol. The zero-order valence-electron chi connectivity index (χ0n) is 11.6. The molecule has 0 spiro atoms. The van der Waals surface area contributed by atoms with Gasteiger partial charge in [-0.1, -0.05) is 23.2 Å². The van der Waals surface area contributed by atoms with Gasteiger partial charge in [0.2, 0.25) is 10.0 Å². The van der Waals surface area contributed by atoms with Crippen LogP contribution in [0.5, 0.6) is 0 Å². The second kappa shape index (κ2) is 5.57. The highest BCUT2D eigenvalue weighted by Crippen LogP contribution is 2.28. The molecular formula is C13H9Cl2N3O3S2. The van der Waals surface area contributed by atoms with Crippen LogP contribution in [0, 0.1) is 6.92 Å². The Labute approximate surface area is 145 Å². The third-order valence-electron chi connectivity index (χ3n) is 3.14. The summed E-state index contributed by atoms with van der Waals surface area (Å²) in [6.45, 7) is 1.62. The number of primary sulfonamides is 1. The Bertz CT molecular complexity index is 1100. The Morgan fingerprint density at radius 2 is 1.96 bits per heavy atom. The van der Waals surface area contributed by atoms with Crippen molar-refractivity contribution in [2.75, 3.05) is 0 Å². The molecule has 0 fully saturated rings. The molecule has 120 valence electrons. The summed E-state index contributed by atoms with van der Waals surface area (Å²) in [5, 5.41) is 5.99. The average Bonchev–Trinajstić information content (AvgIpc) is 2.87. The number of hydrogen-bond acceptors (Lipinski definition) is 5. The topological polar surface area (TPSA) is 95.1 Å². The van der Waals surface area contributed by atoms with Gasteiger partial charge in [0.1, 0.15) is 14.9 Å². The number of rotatable bonds is 2. The van der Waals surface area contributed by atoms with Crippen LogP contribution in [0.2, 0.25) is 10.0 Å². The molecule has 6 nitrogen and oxygen atoms in total. The molecule has 0 unspecified atom stereocenters. The van der Waals surface area contributed by atoms with Crippen LogP contribution in [-0.4, -0.2) is 18.0 Å². The van der Waals surface area contributed by atoms with Crippen LogP contribution in [0.15, 0.2) is 33.3 Å². The first-order chi connectivity index (χ1) is 10.7. The lowest BCUT2D eigenvalue weighted by Crippen LogP contribution is -2.22. The van der Waals surface area contributed by atoms with Gasteiger partial charge in [-0.15, -0.1) is 11.3 Å². The van der Waals surface area contributed by atoms with E-state index in [0.717, 1.165) is 11.3 Å². The molecule has 0 amide bonds. The van der Waals surface area contributed by atoms with E-state index in [0.29, 0.717) is 26.4 Å². The van der Waals surface area contributed by atoms with Crippen molar-refractivity contribution in [3.63, 3.8) is 0 Å². The van der Waals surface area contributed by atoms with Crippen LogP contribution >= 0.6 is 34.5 Å². The normalized spacial score (nSPS) is 12.0. The van der Waals surface area contributed by atoms with E-state index in [1.807, 2.05) is 0 Å². The second-order valence-electron chi connectivity index (χ2n) is 4.72. The van der Waals surface area contributed by atoms with Crippen molar-refractivity contribution in [3.05, 3.63) is 50.5 Å². The Kier molecular flexibility index (Phi) is 3.97. The molecule has 2 aromatic heterocycles. The summed E-state index contributed by atoms with van der Waals surface area (Å²) in [5.74, 6) is 0.356. The minimum absolute atomic E-state index is 0.119. The molecule has 3 aromatic rings. The second-order valence-corrected chi connectivity index (χ2v) is 8.39. The van der Waals surface area contributed by atoms with Crippen molar-refractivity contribution in [2.24, 2.45) is 5.14 Å². The third-order valence-corrected chi connectivity index (χ3v) is 6.14. The predicted octanol–water partition coefficient (Wildman–Crippen LogP) is 2.71. The highest BCUT2D eigenvalue weighted by Gasteiger charge is 2.19. The maximum absolute atomic E-state index is 12.7. The molecular weight excluding hydrogens is 381 g/mol. The fourth-order valence-corrected chi connectivity index (χ4v) is 4.29. The minimum atomic E-state index is -3.90. The number of sulfonamides is 1. The van der Waals surface area contributed by atoms with E-state index in [1.54, 1.807) is 25.1 Å². The van der Waals surface area contributed by atoms with E-state index in [1.165, 1.54) is 10.6 Å². The number of halogens is 2. The summed E-state index contributed by atoms with van der Waals surface area (Å²) in [7, 11) is -3.90. The van der Waals surface area contributed by atoms with Crippen molar-refractivity contribution >= 4 is 54.8 Å². The summed E-state index contributed by atoms with van der Waals surface area (Å²) in [4.78, 5) is 17.3. The number of nitrogens with two attached hydrogens (primary N) is 1. The number of hydrogen-bond donors (Lipinski definition) is 1. The zero-order chi connectivity index (χ0) is 16.9. The average molecular weight is 390 g/mol. The molecule has 1 aromatic carbocycles. The molecule has 0 radical (unpaired) electrons. The minimum Gasteiger partial charge on any atom is -0.268 e. The van der Waals surface area contributed by atoms with Crippen molar-refractivity contribution in [3.8, 4) is 5.69 Å². The van der Waals surface area contributed by atoms with Crippen molar-refractivity contribution in [1.29, 1.82) is 0 Å². The van der Waals surface area contributed by atoms with E-state index in [9.17, 15) is 13.2 Å². The molecule has 0 aliphatic heterocycles. The molecule has 0 saturated heterocycles. The van der Waals surface area contributed by atoms with Crippen LogP contribution in [0.3, 0.4) is 0 Å². The molecule has 23 heavy (non-hydrogen) atoms. The van der Waals surface area contributed by atoms with Gasteiger partial charge in [0.15, 0.2) is 0 Å². The lowest BCUT2D eigenvalue weighted by atomic mass is 10.3. The van der Waals surface area contributed by atoms with Gasteiger partial charge in [-0.3, -0.25) is 9.36 Å². The van der Waals surface area contributed by atoms with Gasteiger partial charge in [-0.25, -0.2) is 18.5 Å². The third kappa shape index (κ3) is 2.88. The standard InChI is InChI=1S/C13H9Cl2N3O3S2/c1-6-17-12-8(5-11(22-12)23(16,20)21)13(19)18(6)10-4-7(14)2-3-9(10)15/h2-5H,1H3,(H2,16,20,21). The first kappa shape index (κ1) is 16.4. The number of nitrogens with zero attached hydrogens (tertiary/aromatic N) is 2. The van der Waals surface area contributed by atoms with Crippen LogP contribution in [-0.2, 0) is 10.0 Å². The van der Waals surface area contributed by atoms with Gasteiger partial charge in [0.05, 0.1) is 16.1 Å². The van der Waals surface area contributed by atoms with Gasteiger partial charge in [-0.2, -0.15) is 0 Å². The van der Waals surface area contributed by atoms with Gasteiger partial charge >= 0.3 is 0 Å². The maximum Gasteiger partial charge on any atom is 0.266 e. The Morgan fingerprint density at radius 1 is 1.26 bits per heavy atom. The fraction of sp³-hybridized carbons (Fsp3) is 0.0769. The van der Waals surface area contributed by atoms with E-state index in [-0.39, 0.29) is 9.60 Å². The first-order valence-electron chi connectivity index (χ1n) is 6.20. The molecule has 3 rings (SSSR count).